The molecule has 1 aromatic heterocycles. The molecule has 0 saturated carbocycles. The predicted octanol–water partition coefficient (Wildman–Crippen LogP) is 3.53. The van der Waals surface area contributed by atoms with Crippen LogP contribution in [-0.2, 0) is 13.0 Å². The number of rotatable bonds is 6. The molecule has 5 heteroatoms. The van der Waals surface area contributed by atoms with E-state index in [2.05, 4.69) is 72.1 Å². The summed E-state index contributed by atoms with van der Waals surface area (Å²) in [4.78, 5) is 6.90. The molecule has 0 radical (unpaired) electrons. The highest BCUT2D eigenvalue weighted by atomic mass is 79.9. The Hall–Kier alpha value is -1.20. The summed E-state index contributed by atoms with van der Waals surface area (Å²) in [6.07, 6.45) is 1.98. The molecule has 1 aromatic carbocycles. The van der Waals surface area contributed by atoms with Crippen molar-refractivity contribution in [3.63, 3.8) is 0 Å². The van der Waals surface area contributed by atoms with Crippen LogP contribution in [0.1, 0.15) is 24.7 Å². The molecule has 1 heterocycles. The summed E-state index contributed by atoms with van der Waals surface area (Å²) in [6.45, 7) is 6.04. The van der Waals surface area contributed by atoms with Gasteiger partial charge in [0, 0.05) is 23.0 Å². The van der Waals surface area contributed by atoms with E-state index in [1.165, 1.54) is 5.56 Å². The standard InChI is InChI=1S/C16H23BrN4/c1-5-6-15-18-16(21(19-15)10-9-20(3)4)13-8-7-12(2)11-14(13)17/h7-8,11H,5-6,9-10H2,1-4H3. The van der Waals surface area contributed by atoms with Crippen LogP contribution in [0.3, 0.4) is 0 Å². The number of aromatic nitrogens is 3. The maximum atomic E-state index is 4.74. The predicted molar refractivity (Wildman–Crippen MR) is 90.4 cm³/mol. The highest BCUT2D eigenvalue weighted by Gasteiger charge is 2.14. The summed E-state index contributed by atoms with van der Waals surface area (Å²) in [5, 5.41) is 4.67. The van der Waals surface area contributed by atoms with Crippen LogP contribution in [0.15, 0.2) is 22.7 Å². The van der Waals surface area contributed by atoms with E-state index in [0.717, 1.165) is 47.6 Å². The van der Waals surface area contributed by atoms with Crippen LogP contribution in [0, 0.1) is 6.92 Å². The molecular weight excluding hydrogens is 328 g/mol. The zero-order valence-corrected chi connectivity index (χ0v) is 14.8. The molecule has 0 atom stereocenters. The first kappa shape index (κ1) is 16.2. The summed E-state index contributed by atoms with van der Waals surface area (Å²) >= 11 is 3.65. The zero-order chi connectivity index (χ0) is 15.4. The van der Waals surface area contributed by atoms with Gasteiger partial charge in [0.15, 0.2) is 11.6 Å². The summed E-state index contributed by atoms with van der Waals surface area (Å²) in [7, 11) is 4.15. The third kappa shape index (κ3) is 4.14. The van der Waals surface area contributed by atoms with Gasteiger partial charge in [0.1, 0.15) is 0 Å². The van der Waals surface area contributed by atoms with E-state index in [0.29, 0.717) is 0 Å². The smallest absolute Gasteiger partial charge is 0.159 e. The monoisotopic (exact) mass is 350 g/mol. The number of benzene rings is 1. The molecular formula is C16H23BrN4. The number of halogens is 1. The second-order valence-corrected chi connectivity index (χ2v) is 6.47. The Labute approximate surface area is 135 Å². The Morgan fingerprint density at radius 3 is 2.67 bits per heavy atom. The van der Waals surface area contributed by atoms with Crippen molar-refractivity contribution in [1.82, 2.24) is 19.7 Å². The Bertz CT molecular complexity index is 604. The van der Waals surface area contributed by atoms with E-state index in [-0.39, 0.29) is 0 Å². The van der Waals surface area contributed by atoms with E-state index in [4.69, 9.17) is 4.98 Å². The molecule has 0 aliphatic carbocycles. The number of nitrogens with zero attached hydrogens (tertiary/aromatic N) is 4. The van der Waals surface area contributed by atoms with Crippen LogP contribution in [0.2, 0.25) is 0 Å². The van der Waals surface area contributed by atoms with Gasteiger partial charge in [-0.15, -0.1) is 0 Å². The average molecular weight is 351 g/mol. The van der Waals surface area contributed by atoms with E-state index in [9.17, 15) is 0 Å². The van der Waals surface area contributed by atoms with Gasteiger partial charge in [0.25, 0.3) is 0 Å². The second kappa shape index (κ2) is 7.18. The van der Waals surface area contributed by atoms with Gasteiger partial charge in [0.2, 0.25) is 0 Å². The van der Waals surface area contributed by atoms with E-state index < -0.39 is 0 Å². The molecule has 0 amide bonds. The summed E-state index contributed by atoms with van der Waals surface area (Å²) in [5.74, 6) is 1.88. The molecule has 0 bridgehead atoms. The molecule has 0 aliphatic heterocycles. The van der Waals surface area contributed by atoms with Gasteiger partial charge < -0.3 is 4.90 Å². The fourth-order valence-electron chi connectivity index (χ4n) is 2.17. The van der Waals surface area contributed by atoms with Gasteiger partial charge in [-0.05, 0) is 45.1 Å². The second-order valence-electron chi connectivity index (χ2n) is 5.61. The lowest BCUT2D eigenvalue weighted by molar-refractivity contribution is 0.373. The Morgan fingerprint density at radius 1 is 1.29 bits per heavy atom. The van der Waals surface area contributed by atoms with Crippen LogP contribution in [0.4, 0.5) is 0 Å². The van der Waals surface area contributed by atoms with Crippen molar-refractivity contribution in [2.45, 2.75) is 33.2 Å². The average Bonchev–Trinajstić information content (AvgIpc) is 2.79. The van der Waals surface area contributed by atoms with Gasteiger partial charge in [-0.1, -0.05) is 28.9 Å². The molecule has 2 aromatic rings. The summed E-state index contributed by atoms with van der Waals surface area (Å²) in [5.41, 5.74) is 2.34. The van der Waals surface area contributed by atoms with E-state index >= 15 is 0 Å². The fraction of sp³-hybridized carbons (Fsp3) is 0.500. The van der Waals surface area contributed by atoms with Gasteiger partial charge in [-0.2, -0.15) is 5.10 Å². The molecule has 0 saturated heterocycles. The topological polar surface area (TPSA) is 34.0 Å². The molecule has 0 aliphatic rings. The SMILES string of the molecule is CCCc1nc(-c2ccc(C)cc2Br)n(CCN(C)C)n1. The van der Waals surface area contributed by atoms with Crippen molar-refractivity contribution < 1.29 is 0 Å². The molecule has 0 fully saturated rings. The van der Waals surface area contributed by atoms with Crippen molar-refractivity contribution in [3.05, 3.63) is 34.1 Å². The Kier molecular flexibility index (Phi) is 5.53. The highest BCUT2D eigenvalue weighted by molar-refractivity contribution is 9.10. The van der Waals surface area contributed by atoms with Crippen LogP contribution in [0.25, 0.3) is 11.4 Å². The molecule has 2 rings (SSSR count). The maximum absolute atomic E-state index is 4.74. The van der Waals surface area contributed by atoms with Crippen LogP contribution in [-0.4, -0.2) is 40.3 Å². The molecule has 114 valence electrons. The number of aryl methyl sites for hydroxylation is 2. The zero-order valence-electron chi connectivity index (χ0n) is 13.2. The lowest BCUT2D eigenvalue weighted by atomic mass is 10.1. The summed E-state index contributed by atoms with van der Waals surface area (Å²) in [6, 6.07) is 6.36. The Balaban J connectivity index is 2.39. The van der Waals surface area contributed by atoms with Crippen LogP contribution in [0.5, 0.6) is 0 Å². The third-order valence-electron chi connectivity index (χ3n) is 3.31. The Morgan fingerprint density at radius 2 is 2.05 bits per heavy atom. The van der Waals surface area contributed by atoms with Crippen molar-refractivity contribution in [1.29, 1.82) is 0 Å². The normalized spacial score (nSPS) is 11.3. The lowest BCUT2D eigenvalue weighted by Gasteiger charge is -2.11. The van der Waals surface area contributed by atoms with Crippen molar-refractivity contribution in [2.24, 2.45) is 0 Å². The van der Waals surface area contributed by atoms with Gasteiger partial charge >= 0.3 is 0 Å². The van der Waals surface area contributed by atoms with E-state index in [1.807, 2.05) is 4.68 Å². The van der Waals surface area contributed by atoms with Gasteiger partial charge in [-0.25, -0.2) is 9.67 Å². The number of likely N-dealkylation sites (N-methyl/N-ethyl adjacent to an activating group) is 1. The minimum Gasteiger partial charge on any atom is -0.308 e. The van der Waals surface area contributed by atoms with Crippen LogP contribution >= 0.6 is 15.9 Å². The minimum atomic E-state index is 0.847. The highest BCUT2D eigenvalue weighted by Crippen LogP contribution is 2.28. The van der Waals surface area contributed by atoms with Crippen molar-refractivity contribution >= 4 is 15.9 Å². The van der Waals surface area contributed by atoms with Crippen LogP contribution < -0.4 is 0 Å². The van der Waals surface area contributed by atoms with Crippen molar-refractivity contribution in [2.75, 3.05) is 20.6 Å². The lowest BCUT2D eigenvalue weighted by Crippen LogP contribution is -2.19. The maximum Gasteiger partial charge on any atom is 0.159 e. The molecule has 0 unspecified atom stereocenters. The molecule has 0 spiro atoms. The molecule has 21 heavy (non-hydrogen) atoms. The minimum absolute atomic E-state index is 0.847. The number of hydrogen-bond acceptors (Lipinski definition) is 3. The first-order valence-electron chi connectivity index (χ1n) is 7.36. The molecule has 0 N–H and O–H groups in total. The quantitative estimate of drug-likeness (QED) is 0.798. The summed E-state index contributed by atoms with van der Waals surface area (Å²) < 4.78 is 3.10. The molecule has 4 nitrogen and oxygen atoms in total. The third-order valence-corrected chi connectivity index (χ3v) is 3.97. The van der Waals surface area contributed by atoms with Gasteiger partial charge in [0.05, 0.1) is 6.54 Å². The first-order chi connectivity index (χ1) is 10.0. The fourth-order valence-corrected chi connectivity index (χ4v) is 2.84. The largest absolute Gasteiger partial charge is 0.308 e. The number of hydrogen-bond donors (Lipinski definition) is 0. The van der Waals surface area contributed by atoms with Gasteiger partial charge in [-0.3, -0.25) is 0 Å². The van der Waals surface area contributed by atoms with E-state index in [1.54, 1.807) is 0 Å². The van der Waals surface area contributed by atoms with Crippen molar-refractivity contribution in [3.8, 4) is 11.4 Å². The first-order valence-corrected chi connectivity index (χ1v) is 8.15.